The number of methoxy groups -OCH3 is 1. The molecule has 2 aromatic heterocycles. The van der Waals surface area contributed by atoms with E-state index in [9.17, 15) is 13.2 Å². The number of rotatable bonds is 6. The lowest BCUT2D eigenvalue weighted by molar-refractivity contribution is 0.0949. The number of ether oxygens (including phenoxy) is 1. The number of hydrogen-bond donors (Lipinski definition) is 2. The zero-order valence-electron chi connectivity index (χ0n) is 14.7. The molecule has 0 aliphatic heterocycles. The Balaban J connectivity index is 1.68. The van der Waals surface area contributed by atoms with Crippen molar-refractivity contribution in [3.8, 4) is 16.9 Å². The van der Waals surface area contributed by atoms with Crippen LogP contribution in [0.4, 0.5) is 0 Å². The van der Waals surface area contributed by atoms with Gasteiger partial charge in [-0.3, -0.25) is 4.79 Å². The molecule has 0 radical (unpaired) electrons. The van der Waals surface area contributed by atoms with Crippen LogP contribution in [0.1, 0.15) is 21.0 Å². The van der Waals surface area contributed by atoms with Gasteiger partial charge in [-0.2, -0.15) is 0 Å². The highest BCUT2D eigenvalue weighted by atomic mass is 32.2. The van der Waals surface area contributed by atoms with E-state index in [-0.39, 0.29) is 11.3 Å². The number of primary sulfonamides is 1. The molecule has 0 atom stereocenters. The summed E-state index contributed by atoms with van der Waals surface area (Å²) in [5, 5.41) is 9.36. The van der Waals surface area contributed by atoms with Crippen LogP contribution in [0.5, 0.6) is 5.75 Å². The molecule has 3 aromatic rings. The molecular formula is C18H18N2O5S2. The van der Waals surface area contributed by atoms with Gasteiger partial charge in [-0.1, -0.05) is 12.1 Å². The summed E-state index contributed by atoms with van der Waals surface area (Å²) in [6, 6.07) is 10.8. The lowest BCUT2D eigenvalue weighted by Crippen LogP contribution is -2.22. The van der Waals surface area contributed by atoms with Crippen molar-refractivity contribution in [3.05, 3.63) is 58.0 Å². The van der Waals surface area contributed by atoms with Gasteiger partial charge in [0.2, 0.25) is 5.09 Å². The van der Waals surface area contributed by atoms with E-state index in [0.717, 1.165) is 27.8 Å². The van der Waals surface area contributed by atoms with Crippen molar-refractivity contribution >= 4 is 27.3 Å². The molecule has 3 rings (SSSR count). The van der Waals surface area contributed by atoms with Crippen LogP contribution in [-0.4, -0.2) is 21.4 Å². The molecular weight excluding hydrogens is 388 g/mol. The molecule has 1 aromatic carbocycles. The van der Waals surface area contributed by atoms with Crippen LogP contribution in [-0.2, 0) is 16.6 Å². The SMILES string of the molecule is COc1ccc(-c2csc(CNC(=O)c3cc(S(N)(=O)=O)oc3C)c2)cc1. The summed E-state index contributed by atoms with van der Waals surface area (Å²) >= 11 is 1.52. The molecule has 7 nitrogen and oxygen atoms in total. The zero-order chi connectivity index (χ0) is 19.6. The number of benzene rings is 1. The molecule has 0 saturated carbocycles. The fourth-order valence-corrected chi connectivity index (χ4v) is 3.85. The average Bonchev–Trinajstić information content (AvgIpc) is 3.26. The Kier molecular flexibility index (Phi) is 5.36. The van der Waals surface area contributed by atoms with Crippen molar-refractivity contribution in [1.29, 1.82) is 0 Å². The van der Waals surface area contributed by atoms with Gasteiger partial charge in [0.05, 0.1) is 19.2 Å². The van der Waals surface area contributed by atoms with E-state index >= 15 is 0 Å². The minimum Gasteiger partial charge on any atom is -0.497 e. The second-order valence-corrected chi connectivity index (χ2v) is 8.28. The summed E-state index contributed by atoms with van der Waals surface area (Å²) in [5.74, 6) is 0.558. The number of carbonyl (C=O) groups excluding carboxylic acids is 1. The Bertz CT molecular complexity index is 1070. The highest BCUT2D eigenvalue weighted by Gasteiger charge is 2.20. The molecule has 0 bridgehead atoms. The maximum Gasteiger partial charge on any atom is 0.271 e. The van der Waals surface area contributed by atoms with Crippen molar-refractivity contribution in [3.63, 3.8) is 0 Å². The first kappa shape index (κ1) is 19.2. The Morgan fingerprint density at radius 2 is 1.93 bits per heavy atom. The summed E-state index contributed by atoms with van der Waals surface area (Å²) in [6.45, 7) is 1.82. The predicted molar refractivity (Wildman–Crippen MR) is 102 cm³/mol. The Labute approximate surface area is 160 Å². The zero-order valence-corrected chi connectivity index (χ0v) is 16.3. The number of aryl methyl sites for hydroxylation is 1. The van der Waals surface area contributed by atoms with Crippen molar-refractivity contribution in [2.24, 2.45) is 5.14 Å². The number of carbonyl (C=O) groups is 1. The topological polar surface area (TPSA) is 112 Å². The smallest absolute Gasteiger partial charge is 0.271 e. The van der Waals surface area contributed by atoms with E-state index in [1.807, 2.05) is 35.7 Å². The van der Waals surface area contributed by atoms with Gasteiger partial charge < -0.3 is 14.5 Å². The summed E-state index contributed by atoms with van der Waals surface area (Å²) < 4.78 is 32.9. The van der Waals surface area contributed by atoms with E-state index in [0.29, 0.717) is 6.54 Å². The van der Waals surface area contributed by atoms with Crippen LogP contribution in [0.2, 0.25) is 0 Å². The van der Waals surface area contributed by atoms with Crippen LogP contribution in [0, 0.1) is 6.92 Å². The first-order valence-electron chi connectivity index (χ1n) is 7.91. The molecule has 0 saturated heterocycles. The van der Waals surface area contributed by atoms with Gasteiger partial charge in [0.15, 0.2) is 0 Å². The third kappa shape index (κ3) is 4.38. The second-order valence-electron chi connectivity index (χ2n) is 5.79. The van der Waals surface area contributed by atoms with Gasteiger partial charge in [-0.15, -0.1) is 11.3 Å². The number of sulfonamides is 1. The van der Waals surface area contributed by atoms with Gasteiger partial charge in [0.25, 0.3) is 15.9 Å². The van der Waals surface area contributed by atoms with Crippen LogP contribution in [0.15, 0.2) is 51.3 Å². The number of hydrogen-bond acceptors (Lipinski definition) is 6. The summed E-state index contributed by atoms with van der Waals surface area (Å²) in [4.78, 5) is 13.3. The molecule has 3 N–H and O–H groups in total. The average molecular weight is 406 g/mol. The van der Waals surface area contributed by atoms with Crippen LogP contribution in [0.25, 0.3) is 11.1 Å². The number of amides is 1. The standard InChI is InChI=1S/C18H18N2O5S2/c1-11-16(8-17(25-11)27(19,22)23)18(21)20-9-15-7-13(10-26-15)12-3-5-14(24-2)6-4-12/h3-8,10H,9H2,1-2H3,(H,20,21)(H2,19,22,23). The van der Waals surface area contributed by atoms with E-state index in [1.54, 1.807) is 7.11 Å². The minimum atomic E-state index is -3.99. The maximum atomic E-state index is 12.3. The fraction of sp³-hybridized carbons (Fsp3) is 0.167. The first-order valence-corrected chi connectivity index (χ1v) is 10.3. The number of nitrogens with one attached hydrogen (secondary N) is 1. The molecule has 27 heavy (non-hydrogen) atoms. The molecule has 0 spiro atoms. The highest BCUT2D eigenvalue weighted by molar-refractivity contribution is 7.89. The quantitative estimate of drug-likeness (QED) is 0.654. The third-order valence-electron chi connectivity index (χ3n) is 3.92. The molecule has 9 heteroatoms. The van der Waals surface area contributed by atoms with E-state index in [1.165, 1.54) is 18.3 Å². The summed E-state index contributed by atoms with van der Waals surface area (Å²) in [6.07, 6.45) is 0. The van der Waals surface area contributed by atoms with E-state index < -0.39 is 21.0 Å². The monoisotopic (exact) mass is 406 g/mol. The van der Waals surface area contributed by atoms with Crippen molar-refractivity contribution in [2.75, 3.05) is 7.11 Å². The van der Waals surface area contributed by atoms with Gasteiger partial charge >= 0.3 is 0 Å². The van der Waals surface area contributed by atoms with E-state index in [2.05, 4.69) is 5.32 Å². The second kappa shape index (κ2) is 7.55. The van der Waals surface area contributed by atoms with Crippen molar-refractivity contribution in [2.45, 2.75) is 18.6 Å². The lowest BCUT2D eigenvalue weighted by atomic mass is 10.1. The first-order chi connectivity index (χ1) is 12.8. The summed E-state index contributed by atoms with van der Waals surface area (Å²) in [7, 11) is -2.37. The normalized spacial score (nSPS) is 11.4. The van der Waals surface area contributed by atoms with Crippen LogP contribution in [0.3, 0.4) is 0 Å². The number of nitrogens with two attached hydrogens (primary N) is 1. The van der Waals surface area contributed by atoms with Crippen molar-refractivity contribution < 1.29 is 22.4 Å². The van der Waals surface area contributed by atoms with Crippen molar-refractivity contribution in [1.82, 2.24) is 5.32 Å². The fourth-order valence-electron chi connectivity index (χ4n) is 2.49. The molecule has 0 unspecified atom stereocenters. The number of furan rings is 1. The van der Waals surface area contributed by atoms with Crippen LogP contribution >= 0.6 is 11.3 Å². The Morgan fingerprint density at radius 3 is 2.52 bits per heavy atom. The maximum absolute atomic E-state index is 12.3. The number of thiophene rings is 1. The van der Waals surface area contributed by atoms with E-state index in [4.69, 9.17) is 14.3 Å². The molecule has 1 amide bonds. The molecule has 142 valence electrons. The minimum absolute atomic E-state index is 0.144. The van der Waals surface area contributed by atoms with Gasteiger partial charge in [-0.05, 0) is 41.6 Å². The largest absolute Gasteiger partial charge is 0.497 e. The Hall–Kier alpha value is -2.62. The van der Waals surface area contributed by atoms with Gasteiger partial charge in [-0.25, -0.2) is 13.6 Å². The summed E-state index contributed by atoms with van der Waals surface area (Å²) in [5.41, 5.74) is 2.24. The predicted octanol–water partition coefficient (Wildman–Crippen LogP) is 2.90. The molecule has 0 aliphatic rings. The highest BCUT2D eigenvalue weighted by Crippen LogP contribution is 2.27. The van der Waals surface area contributed by atoms with Gasteiger partial charge in [0.1, 0.15) is 11.5 Å². The van der Waals surface area contributed by atoms with Crippen LogP contribution < -0.4 is 15.2 Å². The molecule has 0 fully saturated rings. The third-order valence-corrected chi connectivity index (χ3v) is 5.62. The van der Waals surface area contributed by atoms with Gasteiger partial charge in [0, 0.05) is 10.9 Å². The molecule has 0 aliphatic carbocycles. The molecule has 2 heterocycles. The lowest BCUT2D eigenvalue weighted by Gasteiger charge is -2.02. The Morgan fingerprint density at radius 1 is 1.22 bits per heavy atom.